The van der Waals surface area contributed by atoms with Gasteiger partial charge in [-0.05, 0) is 20.0 Å². The molecule has 1 aliphatic heterocycles. The summed E-state index contributed by atoms with van der Waals surface area (Å²) in [5, 5.41) is 0. The first-order valence-electron chi connectivity index (χ1n) is 3.63. The first-order chi connectivity index (χ1) is 4.33. The molecular weight excluding hydrogens is 114 g/mol. The Balaban J connectivity index is 1.95. The van der Waals surface area contributed by atoms with Crippen molar-refractivity contribution in [2.45, 2.75) is 19.4 Å². The van der Waals surface area contributed by atoms with Gasteiger partial charge in [0.2, 0.25) is 0 Å². The minimum Gasteiger partial charge on any atom is -0.372 e. The quantitative estimate of drug-likeness (QED) is 0.520. The molecule has 0 bridgehead atoms. The zero-order chi connectivity index (χ0) is 6.69. The average molecular weight is 129 g/mol. The van der Waals surface area contributed by atoms with E-state index in [2.05, 4.69) is 18.9 Å². The largest absolute Gasteiger partial charge is 0.372 e. The van der Waals surface area contributed by atoms with Gasteiger partial charge in [-0.2, -0.15) is 0 Å². The first-order valence-corrected chi connectivity index (χ1v) is 3.63. The first kappa shape index (κ1) is 7.03. The zero-order valence-electron chi connectivity index (χ0n) is 6.26. The van der Waals surface area contributed by atoms with Gasteiger partial charge in [0.15, 0.2) is 0 Å². The summed E-state index contributed by atoms with van der Waals surface area (Å²) in [6.07, 6.45) is 1.80. The van der Waals surface area contributed by atoms with Crippen molar-refractivity contribution in [3.63, 3.8) is 0 Å². The van der Waals surface area contributed by atoms with Crippen LogP contribution in [0.15, 0.2) is 0 Å². The van der Waals surface area contributed by atoms with Gasteiger partial charge in [0.1, 0.15) is 0 Å². The van der Waals surface area contributed by atoms with Gasteiger partial charge in [-0.15, -0.1) is 0 Å². The second-order valence-electron chi connectivity index (χ2n) is 2.72. The summed E-state index contributed by atoms with van der Waals surface area (Å²) < 4.78 is 5.08. The Morgan fingerprint density at radius 2 is 2.33 bits per heavy atom. The van der Waals surface area contributed by atoms with Gasteiger partial charge in [0.05, 0.1) is 12.7 Å². The molecule has 2 heteroatoms. The van der Waals surface area contributed by atoms with Crippen LogP contribution in [0, 0.1) is 0 Å². The molecule has 9 heavy (non-hydrogen) atoms. The molecule has 1 unspecified atom stereocenters. The Kier molecular flexibility index (Phi) is 2.49. The lowest BCUT2D eigenvalue weighted by Gasteiger charge is -2.12. The monoisotopic (exact) mass is 129 g/mol. The summed E-state index contributed by atoms with van der Waals surface area (Å²) in [5.74, 6) is 0. The minimum absolute atomic E-state index is 0.557. The van der Waals surface area contributed by atoms with Gasteiger partial charge < -0.3 is 9.64 Å². The number of hydrogen-bond acceptors (Lipinski definition) is 2. The van der Waals surface area contributed by atoms with E-state index in [1.54, 1.807) is 0 Å². The van der Waals surface area contributed by atoms with Crippen LogP contribution in [0.4, 0.5) is 0 Å². The lowest BCUT2D eigenvalue weighted by Crippen LogP contribution is -2.23. The highest BCUT2D eigenvalue weighted by atomic mass is 16.6. The molecule has 0 amide bonds. The third kappa shape index (κ3) is 2.82. The molecular formula is C7H15NO. The summed E-state index contributed by atoms with van der Waals surface area (Å²) in [6, 6.07) is 0. The molecule has 0 radical (unpaired) electrons. The smallest absolute Gasteiger partial charge is 0.0936 e. The van der Waals surface area contributed by atoms with E-state index in [1.807, 2.05) is 0 Å². The van der Waals surface area contributed by atoms with Crippen LogP contribution in [-0.4, -0.2) is 37.7 Å². The van der Waals surface area contributed by atoms with Gasteiger partial charge >= 0.3 is 0 Å². The Morgan fingerprint density at radius 3 is 2.78 bits per heavy atom. The van der Waals surface area contributed by atoms with E-state index >= 15 is 0 Å². The maximum absolute atomic E-state index is 5.08. The number of hydrogen-bond donors (Lipinski definition) is 0. The van der Waals surface area contributed by atoms with E-state index in [9.17, 15) is 0 Å². The molecule has 2 nitrogen and oxygen atoms in total. The van der Waals surface area contributed by atoms with Crippen molar-refractivity contribution in [1.82, 2.24) is 4.90 Å². The number of likely N-dealkylation sites (N-methyl/N-ethyl adjacent to an activating group) is 1. The van der Waals surface area contributed by atoms with Crippen LogP contribution in [0.2, 0.25) is 0 Å². The lowest BCUT2D eigenvalue weighted by atomic mass is 10.4. The second-order valence-corrected chi connectivity index (χ2v) is 2.72. The summed E-state index contributed by atoms with van der Waals surface area (Å²) in [5.41, 5.74) is 0. The number of nitrogens with zero attached hydrogens (tertiary/aromatic N) is 1. The maximum Gasteiger partial charge on any atom is 0.0936 e. The van der Waals surface area contributed by atoms with Crippen molar-refractivity contribution < 1.29 is 4.74 Å². The second kappa shape index (κ2) is 3.18. The molecule has 0 aromatic rings. The number of ether oxygens (including phenoxy) is 1. The van der Waals surface area contributed by atoms with Crippen LogP contribution in [0.3, 0.4) is 0 Å². The lowest BCUT2D eigenvalue weighted by molar-refractivity contribution is 0.284. The zero-order valence-corrected chi connectivity index (χ0v) is 6.26. The molecule has 54 valence electrons. The predicted molar refractivity (Wildman–Crippen MR) is 37.5 cm³/mol. The summed E-state index contributed by atoms with van der Waals surface area (Å²) in [4.78, 5) is 2.32. The minimum atomic E-state index is 0.557. The Hall–Kier alpha value is -0.0800. The molecule has 1 heterocycles. The third-order valence-electron chi connectivity index (χ3n) is 1.52. The van der Waals surface area contributed by atoms with E-state index < -0.39 is 0 Å². The van der Waals surface area contributed by atoms with E-state index in [4.69, 9.17) is 4.74 Å². The van der Waals surface area contributed by atoms with Crippen LogP contribution < -0.4 is 0 Å². The van der Waals surface area contributed by atoms with Gasteiger partial charge in [0.25, 0.3) is 0 Å². The van der Waals surface area contributed by atoms with E-state index in [0.29, 0.717) is 6.10 Å². The third-order valence-corrected chi connectivity index (χ3v) is 1.52. The fraction of sp³-hybridized carbons (Fsp3) is 1.00. The maximum atomic E-state index is 5.08. The molecule has 1 atom stereocenters. The number of rotatable bonds is 4. The molecule has 0 saturated carbocycles. The SMILES string of the molecule is CCCN(C)CC1CO1. The Labute approximate surface area is 56.8 Å². The fourth-order valence-electron chi connectivity index (χ4n) is 0.994. The molecule has 1 fully saturated rings. The molecule has 0 aromatic heterocycles. The van der Waals surface area contributed by atoms with Crippen molar-refractivity contribution in [3.05, 3.63) is 0 Å². The molecule has 1 aliphatic rings. The normalized spacial score (nSPS) is 25.0. The van der Waals surface area contributed by atoms with Crippen LogP contribution in [0.25, 0.3) is 0 Å². The van der Waals surface area contributed by atoms with Crippen molar-refractivity contribution in [1.29, 1.82) is 0 Å². The average Bonchev–Trinajstić information content (AvgIpc) is 2.50. The topological polar surface area (TPSA) is 15.8 Å². The summed E-state index contributed by atoms with van der Waals surface area (Å²) in [7, 11) is 2.14. The van der Waals surface area contributed by atoms with E-state index in [1.165, 1.54) is 13.0 Å². The van der Waals surface area contributed by atoms with Gasteiger partial charge in [-0.25, -0.2) is 0 Å². The van der Waals surface area contributed by atoms with Crippen molar-refractivity contribution in [3.8, 4) is 0 Å². The predicted octanol–water partition coefficient (Wildman–Crippen LogP) is 0.727. The molecule has 0 N–H and O–H groups in total. The summed E-state index contributed by atoms with van der Waals surface area (Å²) >= 11 is 0. The molecule has 1 rings (SSSR count). The van der Waals surface area contributed by atoms with Crippen LogP contribution in [0.5, 0.6) is 0 Å². The standard InChI is InChI=1S/C7H15NO/c1-3-4-8(2)5-7-6-9-7/h7H,3-6H2,1-2H3. The van der Waals surface area contributed by atoms with Crippen LogP contribution >= 0.6 is 0 Å². The molecule has 1 saturated heterocycles. The van der Waals surface area contributed by atoms with E-state index in [0.717, 1.165) is 13.2 Å². The number of epoxide rings is 1. The van der Waals surface area contributed by atoms with Crippen LogP contribution in [0.1, 0.15) is 13.3 Å². The molecule has 0 aromatic carbocycles. The highest BCUT2D eigenvalue weighted by molar-refractivity contribution is 4.72. The molecule has 0 spiro atoms. The van der Waals surface area contributed by atoms with Gasteiger partial charge in [-0.1, -0.05) is 6.92 Å². The van der Waals surface area contributed by atoms with E-state index in [-0.39, 0.29) is 0 Å². The summed E-state index contributed by atoms with van der Waals surface area (Å²) in [6.45, 7) is 5.49. The van der Waals surface area contributed by atoms with Crippen LogP contribution in [-0.2, 0) is 4.74 Å². The highest BCUT2D eigenvalue weighted by Crippen LogP contribution is 2.09. The van der Waals surface area contributed by atoms with Crippen molar-refractivity contribution in [2.75, 3.05) is 26.7 Å². The fourth-order valence-corrected chi connectivity index (χ4v) is 0.994. The van der Waals surface area contributed by atoms with Gasteiger partial charge in [-0.3, -0.25) is 0 Å². The van der Waals surface area contributed by atoms with Crippen molar-refractivity contribution in [2.24, 2.45) is 0 Å². The molecule has 0 aliphatic carbocycles. The van der Waals surface area contributed by atoms with Gasteiger partial charge in [0, 0.05) is 6.54 Å². The highest BCUT2D eigenvalue weighted by Gasteiger charge is 2.23. The van der Waals surface area contributed by atoms with Crippen molar-refractivity contribution >= 4 is 0 Å². The Bertz CT molecular complexity index is 81.0. The Morgan fingerprint density at radius 1 is 1.67 bits per heavy atom.